The van der Waals surface area contributed by atoms with Gasteiger partial charge in [-0.1, -0.05) is 35.0 Å². The van der Waals surface area contributed by atoms with E-state index in [-0.39, 0.29) is 0 Å². The van der Waals surface area contributed by atoms with Crippen molar-refractivity contribution in [3.8, 4) is 5.75 Å². The molecule has 0 aliphatic heterocycles. The molecule has 1 aromatic heterocycles. The zero-order valence-corrected chi connectivity index (χ0v) is 12.9. The molecule has 1 unspecified atom stereocenters. The number of halogens is 1. The van der Waals surface area contributed by atoms with Gasteiger partial charge in [0.25, 0.3) is 0 Å². The van der Waals surface area contributed by atoms with Crippen molar-refractivity contribution in [2.24, 2.45) is 0 Å². The molecule has 1 atom stereocenters. The number of nitrogens with one attached hydrogen (secondary N) is 1. The first-order chi connectivity index (χ1) is 9.26. The smallest absolute Gasteiger partial charge is 0.133 e. The number of hydrogen-bond donors (Lipinski definition) is 1. The lowest BCUT2D eigenvalue weighted by Crippen LogP contribution is -2.09. The quantitative estimate of drug-likeness (QED) is 0.808. The lowest BCUT2D eigenvalue weighted by atomic mass is 10.1. The van der Waals surface area contributed by atoms with Gasteiger partial charge < -0.3 is 10.1 Å². The Morgan fingerprint density at radius 2 is 2.16 bits per heavy atom. The average Bonchev–Trinajstić information content (AvgIpc) is 2.46. The Kier molecular flexibility index (Phi) is 5.02. The second kappa shape index (κ2) is 6.75. The maximum Gasteiger partial charge on any atom is 0.133 e. The number of benzene rings is 1. The molecule has 19 heavy (non-hydrogen) atoms. The van der Waals surface area contributed by atoms with E-state index in [9.17, 15) is 0 Å². The third kappa shape index (κ3) is 3.38. The van der Waals surface area contributed by atoms with E-state index in [1.54, 1.807) is 7.11 Å². The highest BCUT2D eigenvalue weighted by atomic mass is 79.9. The highest BCUT2D eigenvalue weighted by Gasteiger charge is 2.06. The minimum atomic E-state index is 0.560. The molecular weight excluding hydrogens is 304 g/mol. The monoisotopic (exact) mass is 322 g/mol. The topological polar surface area (TPSA) is 34.2 Å². The van der Waals surface area contributed by atoms with E-state index in [1.807, 2.05) is 24.4 Å². The van der Waals surface area contributed by atoms with E-state index in [1.165, 1.54) is 0 Å². The van der Waals surface area contributed by atoms with E-state index in [0.29, 0.717) is 4.83 Å². The van der Waals surface area contributed by atoms with Gasteiger partial charge in [-0.05, 0) is 25.0 Å². The van der Waals surface area contributed by atoms with E-state index in [4.69, 9.17) is 4.74 Å². The summed E-state index contributed by atoms with van der Waals surface area (Å²) in [7, 11) is 1.69. The molecule has 2 aromatic rings. The Bertz CT molecular complexity index is 545. The Morgan fingerprint density at radius 3 is 2.89 bits per heavy atom. The number of ether oxygens (including phenoxy) is 1. The van der Waals surface area contributed by atoms with E-state index >= 15 is 0 Å². The van der Waals surface area contributed by atoms with Crippen molar-refractivity contribution in [3.63, 3.8) is 0 Å². The molecule has 1 aromatic carbocycles. The molecule has 0 saturated carbocycles. The summed E-state index contributed by atoms with van der Waals surface area (Å²) in [6.07, 6.45) is 4.04. The first kappa shape index (κ1) is 14.1. The number of pyridine rings is 1. The SMILES string of the molecule is CCC(Br)CCNc1nccc2c(OC)cccc12. The summed E-state index contributed by atoms with van der Waals surface area (Å²) in [5.41, 5.74) is 0. The van der Waals surface area contributed by atoms with Crippen LogP contribution in [-0.4, -0.2) is 23.5 Å². The summed E-state index contributed by atoms with van der Waals surface area (Å²) < 4.78 is 5.38. The maximum absolute atomic E-state index is 5.38. The molecule has 3 nitrogen and oxygen atoms in total. The highest BCUT2D eigenvalue weighted by Crippen LogP contribution is 2.29. The minimum Gasteiger partial charge on any atom is -0.496 e. The zero-order chi connectivity index (χ0) is 13.7. The minimum absolute atomic E-state index is 0.560. The number of aromatic nitrogens is 1. The molecule has 0 bridgehead atoms. The van der Waals surface area contributed by atoms with Crippen molar-refractivity contribution in [1.82, 2.24) is 4.98 Å². The Hall–Kier alpha value is -1.29. The molecule has 1 heterocycles. The van der Waals surface area contributed by atoms with Crippen molar-refractivity contribution < 1.29 is 4.74 Å². The van der Waals surface area contributed by atoms with Gasteiger partial charge in [-0.25, -0.2) is 4.98 Å². The summed E-state index contributed by atoms with van der Waals surface area (Å²) in [5.74, 6) is 1.81. The highest BCUT2D eigenvalue weighted by molar-refractivity contribution is 9.09. The van der Waals surface area contributed by atoms with Crippen molar-refractivity contribution in [2.45, 2.75) is 24.6 Å². The molecule has 0 aliphatic rings. The van der Waals surface area contributed by atoms with E-state index in [2.05, 4.69) is 39.2 Å². The number of fused-ring (bicyclic) bond motifs is 1. The van der Waals surface area contributed by atoms with Crippen LogP contribution >= 0.6 is 15.9 Å². The van der Waals surface area contributed by atoms with Gasteiger partial charge in [0.2, 0.25) is 0 Å². The predicted octanol–water partition coefficient (Wildman–Crippen LogP) is 4.22. The Balaban J connectivity index is 2.19. The third-order valence-corrected chi connectivity index (χ3v) is 4.28. The molecule has 0 saturated heterocycles. The number of nitrogens with zero attached hydrogens (tertiary/aromatic N) is 1. The molecule has 0 fully saturated rings. The van der Waals surface area contributed by atoms with Crippen LogP contribution in [0.5, 0.6) is 5.75 Å². The molecular formula is C15H19BrN2O. The van der Waals surface area contributed by atoms with Crippen LogP contribution < -0.4 is 10.1 Å². The van der Waals surface area contributed by atoms with Gasteiger partial charge in [0, 0.05) is 28.3 Å². The van der Waals surface area contributed by atoms with Gasteiger partial charge in [-0.3, -0.25) is 0 Å². The summed E-state index contributed by atoms with van der Waals surface area (Å²) in [6.45, 7) is 3.09. The summed E-state index contributed by atoms with van der Waals surface area (Å²) in [5, 5.41) is 5.60. The van der Waals surface area contributed by atoms with Crippen LogP contribution in [0.15, 0.2) is 30.5 Å². The lowest BCUT2D eigenvalue weighted by Gasteiger charge is -2.12. The van der Waals surface area contributed by atoms with Gasteiger partial charge in [0.1, 0.15) is 11.6 Å². The first-order valence-electron chi connectivity index (χ1n) is 6.56. The summed E-state index contributed by atoms with van der Waals surface area (Å²) >= 11 is 3.64. The van der Waals surface area contributed by atoms with Crippen LogP contribution in [0.3, 0.4) is 0 Å². The number of anilines is 1. The van der Waals surface area contributed by atoms with Crippen molar-refractivity contribution in [2.75, 3.05) is 19.0 Å². The van der Waals surface area contributed by atoms with E-state index in [0.717, 1.165) is 41.7 Å². The van der Waals surface area contributed by atoms with Crippen LogP contribution in [0.2, 0.25) is 0 Å². The fourth-order valence-corrected chi connectivity index (χ4v) is 2.28. The number of methoxy groups -OCH3 is 1. The second-order valence-corrected chi connectivity index (χ2v) is 5.73. The van der Waals surface area contributed by atoms with E-state index < -0.39 is 0 Å². The van der Waals surface area contributed by atoms with Gasteiger partial charge in [0.15, 0.2) is 0 Å². The average molecular weight is 323 g/mol. The molecule has 0 amide bonds. The Morgan fingerprint density at radius 1 is 1.32 bits per heavy atom. The van der Waals surface area contributed by atoms with Gasteiger partial charge in [0.05, 0.1) is 7.11 Å². The number of alkyl halides is 1. The lowest BCUT2D eigenvalue weighted by molar-refractivity contribution is 0.420. The maximum atomic E-state index is 5.38. The largest absolute Gasteiger partial charge is 0.496 e. The van der Waals surface area contributed by atoms with Crippen LogP contribution in [-0.2, 0) is 0 Å². The first-order valence-corrected chi connectivity index (χ1v) is 7.47. The normalized spacial score (nSPS) is 12.4. The van der Waals surface area contributed by atoms with Crippen LogP contribution in [0.4, 0.5) is 5.82 Å². The zero-order valence-electron chi connectivity index (χ0n) is 11.3. The third-order valence-electron chi connectivity index (χ3n) is 3.18. The van der Waals surface area contributed by atoms with Gasteiger partial charge in [-0.15, -0.1) is 0 Å². The van der Waals surface area contributed by atoms with Crippen molar-refractivity contribution >= 4 is 32.5 Å². The molecule has 102 valence electrons. The number of hydrogen-bond acceptors (Lipinski definition) is 3. The molecule has 4 heteroatoms. The van der Waals surface area contributed by atoms with Crippen LogP contribution in [0.25, 0.3) is 10.8 Å². The Labute approximate surface area is 122 Å². The molecule has 0 spiro atoms. The summed E-state index contributed by atoms with van der Waals surface area (Å²) in [6, 6.07) is 8.02. The predicted molar refractivity (Wildman–Crippen MR) is 84.4 cm³/mol. The molecule has 2 rings (SSSR count). The fraction of sp³-hybridized carbons (Fsp3) is 0.400. The number of rotatable bonds is 6. The van der Waals surface area contributed by atoms with Gasteiger partial charge >= 0.3 is 0 Å². The van der Waals surface area contributed by atoms with Crippen molar-refractivity contribution in [3.05, 3.63) is 30.5 Å². The molecule has 0 radical (unpaired) electrons. The van der Waals surface area contributed by atoms with Crippen molar-refractivity contribution in [1.29, 1.82) is 0 Å². The second-order valence-electron chi connectivity index (χ2n) is 4.44. The fourth-order valence-electron chi connectivity index (χ4n) is 2.05. The van der Waals surface area contributed by atoms with Crippen LogP contribution in [0, 0.1) is 0 Å². The summed E-state index contributed by atoms with van der Waals surface area (Å²) in [4.78, 5) is 4.98. The van der Waals surface area contributed by atoms with Crippen LogP contribution in [0.1, 0.15) is 19.8 Å². The standard InChI is InChI=1S/C15H19BrN2O/c1-3-11(16)7-9-17-15-13-5-4-6-14(19-2)12(13)8-10-18-15/h4-6,8,10-11H,3,7,9H2,1-2H3,(H,17,18). The molecule has 1 N–H and O–H groups in total. The van der Waals surface area contributed by atoms with Gasteiger partial charge in [-0.2, -0.15) is 0 Å². The molecule has 0 aliphatic carbocycles.